The van der Waals surface area contributed by atoms with E-state index in [1.54, 1.807) is 0 Å². The van der Waals surface area contributed by atoms with Crippen molar-refractivity contribution >= 4 is 24.1 Å². The van der Waals surface area contributed by atoms with Crippen molar-refractivity contribution in [2.24, 2.45) is 0 Å². The second-order valence-electron chi connectivity index (χ2n) is 5.81. The molecule has 0 heterocycles. The molecule has 0 bridgehead atoms. The minimum absolute atomic E-state index is 0.242. The fraction of sp³-hybridized carbons (Fsp3) is 0.100. The Morgan fingerprint density at radius 3 is 1.96 bits per heavy atom. The van der Waals surface area contributed by atoms with Crippen LogP contribution >= 0.6 is 0 Å². The highest BCUT2D eigenvalue weighted by Gasteiger charge is 2.19. The highest BCUT2D eigenvalue weighted by Crippen LogP contribution is 2.27. The molecule has 0 spiro atoms. The SMILES string of the molecule is CC(OC(=O)/C=C/c1ccc(O)c(O)c1)/C(=C/c1ccc(O)c(O)c1)C(=O)O. The Bertz CT molecular complexity index is 959. The van der Waals surface area contributed by atoms with Gasteiger partial charge in [0, 0.05) is 6.08 Å². The molecule has 1 atom stereocenters. The summed E-state index contributed by atoms with van der Waals surface area (Å²) < 4.78 is 5.08. The average Bonchev–Trinajstić information content (AvgIpc) is 2.63. The molecule has 146 valence electrons. The molecule has 5 N–H and O–H groups in total. The van der Waals surface area contributed by atoms with E-state index in [-0.39, 0.29) is 22.8 Å². The number of aromatic hydroxyl groups is 4. The first kappa shape index (κ1) is 20.4. The monoisotopic (exact) mass is 386 g/mol. The van der Waals surface area contributed by atoms with Crippen molar-refractivity contribution in [2.45, 2.75) is 13.0 Å². The molecule has 0 radical (unpaired) electrons. The zero-order valence-corrected chi connectivity index (χ0v) is 14.7. The molecule has 8 heteroatoms. The van der Waals surface area contributed by atoms with E-state index >= 15 is 0 Å². The summed E-state index contributed by atoms with van der Waals surface area (Å²) in [6.07, 6.45) is 2.48. The van der Waals surface area contributed by atoms with Gasteiger partial charge in [-0.25, -0.2) is 9.59 Å². The molecule has 28 heavy (non-hydrogen) atoms. The fourth-order valence-electron chi connectivity index (χ4n) is 2.25. The van der Waals surface area contributed by atoms with Crippen molar-refractivity contribution in [3.05, 3.63) is 59.2 Å². The van der Waals surface area contributed by atoms with Gasteiger partial charge in [0.05, 0.1) is 5.57 Å². The minimum atomic E-state index is -1.32. The number of carbonyl (C=O) groups excluding carboxylic acids is 1. The molecule has 8 nitrogen and oxygen atoms in total. The summed E-state index contributed by atoms with van der Waals surface area (Å²) in [5.74, 6) is -3.55. The van der Waals surface area contributed by atoms with E-state index in [1.165, 1.54) is 55.5 Å². The quantitative estimate of drug-likeness (QED) is 0.289. The molecule has 2 aromatic carbocycles. The maximum absolute atomic E-state index is 11.9. The molecule has 0 amide bonds. The van der Waals surface area contributed by atoms with Gasteiger partial charge in [-0.2, -0.15) is 0 Å². The van der Waals surface area contributed by atoms with Crippen LogP contribution in [-0.2, 0) is 14.3 Å². The number of ether oxygens (including phenoxy) is 1. The lowest BCUT2D eigenvalue weighted by Gasteiger charge is -2.13. The zero-order chi connectivity index (χ0) is 20.8. The number of benzene rings is 2. The highest BCUT2D eigenvalue weighted by molar-refractivity contribution is 5.94. The molecule has 0 fully saturated rings. The number of phenols is 4. The molecule has 0 saturated heterocycles. The summed E-state index contributed by atoms with van der Waals surface area (Å²) in [5.41, 5.74) is 0.480. The van der Waals surface area contributed by atoms with Gasteiger partial charge >= 0.3 is 11.9 Å². The molecule has 1 unspecified atom stereocenters. The fourth-order valence-corrected chi connectivity index (χ4v) is 2.25. The van der Waals surface area contributed by atoms with Gasteiger partial charge in [0.2, 0.25) is 0 Å². The summed E-state index contributed by atoms with van der Waals surface area (Å²) >= 11 is 0. The van der Waals surface area contributed by atoms with Crippen LogP contribution in [-0.4, -0.2) is 43.6 Å². The van der Waals surface area contributed by atoms with Gasteiger partial charge in [0.25, 0.3) is 0 Å². The van der Waals surface area contributed by atoms with Gasteiger partial charge in [0.1, 0.15) is 6.10 Å². The van der Waals surface area contributed by atoms with Gasteiger partial charge in [-0.15, -0.1) is 0 Å². The van der Waals surface area contributed by atoms with Crippen LogP contribution in [0.25, 0.3) is 12.2 Å². The molecule has 0 saturated carbocycles. The van der Waals surface area contributed by atoms with Gasteiger partial charge in [-0.05, 0) is 54.5 Å². The Labute approximate surface area is 159 Å². The van der Waals surface area contributed by atoms with Crippen molar-refractivity contribution in [1.29, 1.82) is 0 Å². The van der Waals surface area contributed by atoms with E-state index < -0.39 is 23.8 Å². The van der Waals surface area contributed by atoms with Gasteiger partial charge in [0.15, 0.2) is 23.0 Å². The number of esters is 1. The van der Waals surface area contributed by atoms with Crippen LogP contribution in [0.5, 0.6) is 23.0 Å². The topological polar surface area (TPSA) is 145 Å². The van der Waals surface area contributed by atoms with Crippen LogP contribution in [0.3, 0.4) is 0 Å². The van der Waals surface area contributed by atoms with Crippen LogP contribution in [0.4, 0.5) is 0 Å². The van der Waals surface area contributed by atoms with Crippen molar-refractivity contribution in [3.63, 3.8) is 0 Å². The normalized spacial score (nSPS) is 12.7. The van der Waals surface area contributed by atoms with Crippen LogP contribution in [0.2, 0.25) is 0 Å². The zero-order valence-electron chi connectivity index (χ0n) is 14.7. The lowest BCUT2D eigenvalue weighted by atomic mass is 10.1. The summed E-state index contributed by atoms with van der Waals surface area (Å²) in [6.45, 7) is 1.37. The standard InChI is InChI=1S/C20H18O8/c1-11(14(20(26)27)8-13-3-6-16(22)18(24)10-13)28-19(25)7-4-12-2-5-15(21)17(23)9-12/h2-11,21-24H,1H3,(H,26,27)/b7-4+,14-8-. The summed E-state index contributed by atoms with van der Waals surface area (Å²) in [6, 6.07) is 7.72. The Hall–Kier alpha value is -3.94. The number of hydrogen-bond acceptors (Lipinski definition) is 7. The van der Waals surface area contributed by atoms with Crippen molar-refractivity contribution in [3.8, 4) is 23.0 Å². The highest BCUT2D eigenvalue weighted by atomic mass is 16.5. The Kier molecular flexibility index (Phi) is 6.28. The second kappa shape index (κ2) is 8.63. The van der Waals surface area contributed by atoms with Crippen molar-refractivity contribution in [1.82, 2.24) is 0 Å². The van der Waals surface area contributed by atoms with Crippen molar-refractivity contribution < 1.29 is 39.9 Å². The molecular formula is C20H18O8. The third kappa shape index (κ3) is 5.28. The number of rotatable bonds is 6. The minimum Gasteiger partial charge on any atom is -0.504 e. The van der Waals surface area contributed by atoms with E-state index in [2.05, 4.69) is 0 Å². The first-order valence-corrected chi connectivity index (χ1v) is 8.05. The third-order valence-electron chi connectivity index (χ3n) is 3.71. The number of hydrogen-bond donors (Lipinski definition) is 5. The average molecular weight is 386 g/mol. The molecule has 0 aliphatic rings. The van der Waals surface area contributed by atoms with Gasteiger partial charge in [-0.3, -0.25) is 0 Å². The second-order valence-corrected chi connectivity index (χ2v) is 5.81. The molecule has 2 rings (SSSR count). The number of carboxylic acids is 1. The lowest BCUT2D eigenvalue weighted by Crippen LogP contribution is -2.20. The smallest absolute Gasteiger partial charge is 0.335 e. The largest absolute Gasteiger partial charge is 0.504 e. The van der Waals surface area contributed by atoms with Gasteiger partial charge < -0.3 is 30.3 Å². The number of carbonyl (C=O) groups is 2. The van der Waals surface area contributed by atoms with Crippen LogP contribution in [0, 0.1) is 0 Å². The summed E-state index contributed by atoms with van der Waals surface area (Å²) in [5, 5.41) is 46.8. The van der Waals surface area contributed by atoms with E-state index in [1.807, 2.05) is 0 Å². The molecule has 0 aliphatic carbocycles. The van der Waals surface area contributed by atoms with Crippen molar-refractivity contribution in [2.75, 3.05) is 0 Å². The predicted octanol–water partition coefficient (Wildman–Crippen LogP) is 2.62. The first-order chi connectivity index (χ1) is 13.2. The number of carboxylic acid groups (broad SMARTS) is 1. The molecule has 0 aromatic heterocycles. The summed E-state index contributed by atoms with van der Waals surface area (Å²) in [7, 11) is 0. The third-order valence-corrected chi connectivity index (χ3v) is 3.71. The van der Waals surface area contributed by atoms with Crippen LogP contribution in [0.1, 0.15) is 18.1 Å². The van der Waals surface area contributed by atoms with Crippen LogP contribution < -0.4 is 0 Å². The maximum Gasteiger partial charge on any atom is 0.335 e. The van der Waals surface area contributed by atoms with E-state index in [4.69, 9.17) is 4.74 Å². The van der Waals surface area contributed by atoms with E-state index in [0.29, 0.717) is 11.1 Å². The first-order valence-electron chi connectivity index (χ1n) is 8.05. The Morgan fingerprint density at radius 1 is 0.893 bits per heavy atom. The van der Waals surface area contributed by atoms with E-state index in [9.17, 15) is 35.1 Å². The Balaban J connectivity index is 2.13. The molecule has 2 aromatic rings. The summed E-state index contributed by atoms with van der Waals surface area (Å²) in [4.78, 5) is 23.4. The van der Waals surface area contributed by atoms with E-state index in [0.717, 1.165) is 6.08 Å². The van der Waals surface area contributed by atoms with Gasteiger partial charge in [-0.1, -0.05) is 12.1 Å². The van der Waals surface area contributed by atoms with Crippen LogP contribution in [0.15, 0.2) is 48.0 Å². The predicted molar refractivity (Wildman–Crippen MR) is 99.7 cm³/mol. The lowest BCUT2D eigenvalue weighted by molar-refractivity contribution is -0.142. The number of phenolic OH excluding ortho intramolecular Hbond substituents is 4. The number of aliphatic carboxylic acids is 1. The molecular weight excluding hydrogens is 368 g/mol. The Morgan fingerprint density at radius 2 is 1.43 bits per heavy atom. The maximum atomic E-state index is 11.9. The molecule has 0 aliphatic heterocycles.